The molecule has 5 heteroatoms. The van der Waals surface area contributed by atoms with Gasteiger partial charge in [-0.15, -0.1) is 0 Å². The van der Waals surface area contributed by atoms with Crippen LogP contribution in [0.5, 0.6) is 5.75 Å². The van der Waals surface area contributed by atoms with Gasteiger partial charge in [-0.05, 0) is 18.2 Å². The molecule has 0 bridgehead atoms. The van der Waals surface area contributed by atoms with E-state index in [4.69, 9.17) is 5.11 Å². The summed E-state index contributed by atoms with van der Waals surface area (Å²) in [6.07, 6.45) is 1.09. The highest BCUT2D eigenvalue weighted by Crippen LogP contribution is 2.22. The highest BCUT2D eigenvalue weighted by Gasteiger charge is 2.08. The van der Waals surface area contributed by atoms with Gasteiger partial charge in [0.05, 0.1) is 4.90 Å². The van der Waals surface area contributed by atoms with Gasteiger partial charge in [0.25, 0.3) is 0 Å². The number of rotatable bonds is 1. The molecule has 0 fully saturated rings. The highest BCUT2D eigenvalue weighted by atomic mass is 79.9. The Morgan fingerprint density at radius 2 is 1.92 bits per heavy atom. The Hall–Kier alpha value is -0.550. The van der Waals surface area contributed by atoms with Crippen molar-refractivity contribution in [3.8, 4) is 5.75 Å². The molecule has 0 heterocycles. The van der Waals surface area contributed by atoms with Crippen molar-refractivity contribution in [2.45, 2.75) is 4.90 Å². The summed E-state index contributed by atoms with van der Waals surface area (Å²) in [5, 5.41) is 9.06. The van der Waals surface area contributed by atoms with E-state index in [1.165, 1.54) is 18.2 Å². The Morgan fingerprint density at radius 3 is 2.33 bits per heavy atom. The van der Waals surface area contributed by atoms with Crippen molar-refractivity contribution in [1.29, 1.82) is 0 Å². The van der Waals surface area contributed by atoms with Crippen LogP contribution in [0.1, 0.15) is 0 Å². The molecule has 0 spiro atoms. The van der Waals surface area contributed by atoms with Gasteiger partial charge in [0, 0.05) is 10.7 Å². The zero-order valence-corrected chi connectivity index (χ0v) is 8.68. The molecule has 0 atom stereocenters. The van der Waals surface area contributed by atoms with Crippen molar-refractivity contribution in [2.24, 2.45) is 0 Å². The number of sulfone groups is 1. The number of hydrogen-bond acceptors (Lipinski definition) is 3. The molecule has 12 heavy (non-hydrogen) atoms. The van der Waals surface area contributed by atoms with Crippen LogP contribution in [0.4, 0.5) is 0 Å². The van der Waals surface area contributed by atoms with E-state index in [0.29, 0.717) is 4.47 Å². The van der Waals surface area contributed by atoms with Crippen molar-refractivity contribution < 1.29 is 13.5 Å². The lowest BCUT2D eigenvalue weighted by atomic mass is 10.3. The number of aromatic hydroxyl groups is 1. The Morgan fingerprint density at radius 1 is 1.33 bits per heavy atom. The van der Waals surface area contributed by atoms with Gasteiger partial charge in [0.1, 0.15) is 5.75 Å². The summed E-state index contributed by atoms with van der Waals surface area (Å²) in [5.74, 6) is -0.0650. The number of halogens is 1. The van der Waals surface area contributed by atoms with Crippen molar-refractivity contribution in [2.75, 3.05) is 6.26 Å². The van der Waals surface area contributed by atoms with Gasteiger partial charge >= 0.3 is 0 Å². The smallest absolute Gasteiger partial charge is 0.175 e. The summed E-state index contributed by atoms with van der Waals surface area (Å²) in [4.78, 5) is 0.106. The molecule has 0 saturated carbocycles. The summed E-state index contributed by atoms with van der Waals surface area (Å²) >= 11 is 3.08. The molecule has 0 aromatic heterocycles. The van der Waals surface area contributed by atoms with Crippen LogP contribution in [-0.2, 0) is 9.84 Å². The van der Waals surface area contributed by atoms with Gasteiger partial charge in [0.2, 0.25) is 0 Å². The van der Waals surface area contributed by atoms with Gasteiger partial charge in [-0.3, -0.25) is 0 Å². The van der Waals surface area contributed by atoms with Crippen LogP contribution in [0, 0.1) is 0 Å². The molecule has 1 aromatic carbocycles. The first kappa shape index (κ1) is 9.54. The van der Waals surface area contributed by atoms with Crippen LogP contribution < -0.4 is 0 Å². The first-order chi connectivity index (χ1) is 5.39. The fourth-order valence-corrected chi connectivity index (χ4v) is 2.07. The first-order valence-corrected chi connectivity index (χ1v) is 5.77. The third-order valence-electron chi connectivity index (χ3n) is 1.28. The molecular formula is C7H7BrO3S. The van der Waals surface area contributed by atoms with Gasteiger partial charge in [-0.25, -0.2) is 8.42 Å². The van der Waals surface area contributed by atoms with E-state index in [9.17, 15) is 8.42 Å². The van der Waals surface area contributed by atoms with Crippen LogP contribution >= 0.6 is 15.9 Å². The molecule has 0 aliphatic rings. The second kappa shape index (κ2) is 3.06. The average molecular weight is 251 g/mol. The maximum Gasteiger partial charge on any atom is 0.175 e. The van der Waals surface area contributed by atoms with Crippen molar-refractivity contribution in [1.82, 2.24) is 0 Å². The molecule has 0 unspecified atom stereocenters. The van der Waals surface area contributed by atoms with Gasteiger partial charge in [0.15, 0.2) is 9.84 Å². The normalized spacial score (nSPS) is 11.5. The number of benzene rings is 1. The van der Waals surface area contributed by atoms with Gasteiger partial charge in [-0.2, -0.15) is 0 Å². The topological polar surface area (TPSA) is 54.4 Å². The average Bonchev–Trinajstić information content (AvgIpc) is 1.82. The van der Waals surface area contributed by atoms with E-state index in [2.05, 4.69) is 15.9 Å². The number of phenolic OH excluding ortho intramolecular Hbond substituents is 1. The van der Waals surface area contributed by atoms with Crippen molar-refractivity contribution in [3.05, 3.63) is 22.7 Å². The fraction of sp³-hybridized carbons (Fsp3) is 0.143. The number of phenols is 1. The largest absolute Gasteiger partial charge is 0.508 e. The van der Waals surface area contributed by atoms with E-state index in [0.717, 1.165) is 6.26 Å². The zero-order chi connectivity index (χ0) is 9.35. The second-order valence-electron chi connectivity index (χ2n) is 2.42. The third-order valence-corrected chi connectivity index (χ3v) is 2.83. The predicted octanol–water partition coefficient (Wildman–Crippen LogP) is 1.56. The van der Waals surface area contributed by atoms with Crippen molar-refractivity contribution >= 4 is 25.8 Å². The molecule has 1 aromatic rings. The molecule has 1 N–H and O–H groups in total. The quantitative estimate of drug-likeness (QED) is 0.823. The lowest BCUT2D eigenvalue weighted by molar-refractivity contribution is 0.473. The van der Waals surface area contributed by atoms with E-state index in [1.54, 1.807) is 0 Å². The molecule has 3 nitrogen and oxygen atoms in total. The molecule has 0 radical (unpaired) electrons. The van der Waals surface area contributed by atoms with E-state index in [1.807, 2.05) is 0 Å². The maximum absolute atomic E-state index is 11.0. The minimum Gasteiger partial charge on any atom is -0.508 e. The zero-order valence-electron chi connectivity index (χ0n) is 6.28. The standard InChI is InChI=1S/C7H7BrO3S/c1-12(10,11)7-3-5(8)2-6(9)4-7/h2-4,9H,1H3. The fourth-order valence-electron chi connectivity index (χ4n) is 0.762. The Bertz CT molecular complexity index is 377. The first-order valence-electron chi connectivity index (χ1n) is 3.09. The summed E-state index contributed by atoms with van der Waals surface area (Å²) in [5.41, 5.74) is 0. The predicted molar refractivity (Wildman–Crippen MR) is 48.9 cm³/mol. The minimum atomic E-state index is -3.24. The highest BCUT2D eigenvalue weighted by molar-refractivity contribution is 9.10. The molecule has 0 aliphatic carbocycles. The van der Waals surface area contributed by atoms with Crippen LogP contribution in [0.2, 0.25) is 0 Å². The lowest BCUT2D eigenvalue weighted by Crippen LogP contribution is -1.96. The Balaban J connectivity index is 3.37. The lowest BCUT2D eigenvalue weighted by Gasteiger charge is -1.99. The third kappa shape index (κ3) is 2.22. The Labute approximate surface area is 79.1 Å². The van der Waals surface area contributed by atoms with Crippen LogP contribution in [-0.4, -0.2) is 19.8 Å². The summed E-state index contributed by atoms with van der Waals surface area (Å²) in [6.45, 7) is 0. The van der Waals surface area contributed by atoms with Crippen LogP contribution in [0.25, 0.3) is 0 Å². The monoisotopic (exact) mass is 250 g/mol. The van der Waals surface area contributed by atoms with Crippen LogP contribution in [0.3, 0.4) is 0 Å². The van der Waals surface area contributed by atoms with Gasteiger partial charge < -0.3 is 5.11 Å². The van der Waals surface area contributed by atoms with Gasteiger partial charge in [-0.1, -0.05) is 15.9 Å². The molecule has 66 valence electrons. The number of hydrogen-bond donors (Lipinski definition) is 1. The van der Waals surface area contributed by atoms with E-state index in [-0.39, 0.29) is 10.6 Å². The molecule has 0 amide bonds. The summed E-state index contributed by atoms with van der Waals surface area (Å²) in [7, 11) is -3.24. The van der Waals surface area contributed by atoms with Crippen LogP contribution in [0.15, 0.2) is 27.6 Å². The SMILES string of the molecule is CS(=O)(=O)c1cc(O)cc(Br)c1. The second-order valence-corrected chi connectivity index (χ2v) is 5.35. The minimum absolute atomic E-state index is 0.0650. The van der Waals surface area contributed by atoms with E-state index >= 15 is 0 Å². The summed E-state index contributed by atoms with van der Waals surface area (Å²) < 4.78 is 22.6. The molecule has 1 rings (SSSR count). The maximum atomic E-state index is 11.0. The Kier molecular flexibility index (Phi) is 2.44. The molecular weight excluding hydrogens is 244 g/mol. The van der Waals surface area contributed by atoms with Crippen molar-refractivity contribution in [3.63, 3.8) is 0 Å². The summed E-state index contributed by atoms with van der Waals surface area (Å²) in [6, 6.07) is 4.07. The van der Waals surface area contributed by atoms with E-state index < -0.39 is 9.84 Å². The molecule has 0 aliphatic heterocycles. The molecule has 0 saturated heterocycles.